The van der Waals surface area contributed by atoms with Crippen LogP contribution < -0.4 is 11.4 Å². The Morgan fingerprint density at radius 1 is 0.740 bits per heavy atom. The Hall–Kier alpha value is -4.36. The first-order valence-corrected chi connectivity index (χ1v) is 28.3. The zero-order valence-corrected chi connectivity index (χ0v) is 44.3. The number of ether oxygens (including phenoxy) is 3. The molecular weight excluding hydrogens is 985 g/mol. The molecular formula is C52H81N3O16P2. The monoisotopic (exact) mass is 1070 g/mol. The van der Waals surface area contributed by atoms with Crippen molar-refractivity contribution in [2.24, 2.45) is 0 Å². The van der Waals surface area contributed by atoms with Gasteiger partial charge in [-0.15, -0.1) is 0 Å². The molecule has 0 bridgehead atoms. The molecule has 0 aromatic carbocycles. The number of allylic oxidation sites excluding steroid dienone is 15. The van der Waals surface area contributed by atoms with Crippen molar-refractivity contribution in [1.82, 2.24) is 9.55 Å². The van der Waals surface area contributed by atoms with E-state index in [2.05, 4.69) is 96.1 Å². The van der Waals surface area contributed by atoms with Crippen LogP contribution in [0.3, 0.4) is 0 Å². The lowest BCUT2D eigenvalue weighted by molar-refractivity contribution is -0.161. The molecule has 7 N–H and O–H groups in total. The van der Waals surface area contributed by atoms with Crippen LogP contribution in [0.4, 0.5) is 5.82 Å². The Kier molecular flexibility index (Phi) is 34.7. The van der Waals surface area contributed by atoms with Gasteiger partial charge in [-0.25, -0.2) is 13.9 Å². The first-order valence-electron chi connectivity index (χ1n) is 25.4. The van der Waals surface area contributed by atoms with Gasteiger partial charge >= 0.3 is 33.3 Å². The second-order valence-electron chi connectivity index (χ2n) is 17.1. The first kappa shape index (κ1) is 64.8. The normalized spacial score (nSPS) is 20.2. The van der Waals surface area contributed by atoms with Gasteiger partial charge in [-0.3, -0.25) is 23.2 Å². The number of nitrogens with zero attached hydrogens (tertiary/aromatic N) is 2. The predicted molar refractivity (Wildman–Crippen MR) is 281 cm³/mol. The smallest absolute Gasteiger partial charge is 0.462 e. The number of phosphoric acid groups is 2. The van der Waals surface area contributed by atoms with Gasteiger partial charge in [0.25, 0.3) is 0 Å². The third kappa shape index (κ3) is 31.9. The second-order valence-corrected chi connectivity index (χ2v) is 20.2. The van der Waals surface area contributed by atoms with Crippen molar-refractivity contribution >= 4 is 33.4 Å². The summed E-state index contributed by atoms with van der Waals surface area (Å²) in [5.74, 6) is -1.55. The van der Waals surface area contributed by atoms with Crippen molar-refractivity contribution in [2.75, 3.05) is 25.6 Å². The average Bonchev–Trinajstić information content (AvgIpc) is 3.62. The summed E-state index contributed by atoms with van der Waals surface area (Å²) in [6.45, 7) is 1.79. The van der Waals surface area contributed by atoms with E-state index in [-0.39, 0.29) is 31.5 Å². The molecule has 0 radical (unpaired) electrons. The molecule has 2 heterocycles. The maximum atomic E-state index is 12.9. The number of unbranched alkanes of at least 4 members (excludes halogenated alkanes) is 7. The summed E-state index contributed by atoms with van der Waals surface area (Å²) >= 11 is 0. The minimum absolute atomic E-state index is 0.0526. The highest BCUT2D eigenvalue weighted by atomic mass is 31.3. The molecule has 1 aliphatic heterocycles. The molecule has 2 rings (SSSR count). The third-order valence-electron chi connectivity index (χ3n) is 10.8. The van der Waals surface area contributed by atoms with Crippen molar-refractivity contribution in [3.63, 3.8) is 0 Å². The van der Waals surface area contributed by atoms with Gasteiger partial charge in [0.1, 0.15) is 30.7 Å². The maximum Gasteiger partial charge on any atom is 0.481 e. The van der Waals surface area contributed by atoms with E-state index in [1.165, 1.54) is 25.3 Å². The van der Waals surface area contributed by atoms with Gasteiger partial charge in [0.05, 0.1) is 19.3 Å². The van der Waals surface area contributed by atoms with E-state index >= 15 is 0 Å². The van der Waals surface area contributed by atoms with Gasteiger partial charge in [0, 0.05) is 19.0 Å². The second kappa shape index (κ2) is 39.1. The number of phosphoric ester groups is 2. The van der Waals surface area contributed by atoms with E-state index in [1.807, 2.05) is 12.2 Å². The molecule has 0 saturated carbocycles. The highest BCUT2D eigenvalue weighted by Gasteiger charge is 2.46. The Morgan fingerprint density at radius 2 is 1.32 bits per heavy atom. The number of hydrogen-bond acceptors (Lipinski definition) is 16. The van der Waals surface area contributed by atoms with E-state index in [0.717, 1.165) is 81.4 Å². The summed E-state index contributed by atoms with van der Waals surface area (Å²) in [4.78, 5) is 61.9. The molecule has 1 aromatic heterocycles. The Morgan fingerprint density at radius 3 is 1.95 bits per heavy atom. The Labute approximate surface area is 431 Å². The zero-order chi connectivity index (χ0) is 53.6. The Balaban J connectivity index is 1.87. The highest BCUT2D eigenvalue weighted by Crippen LogP contribution is 2.60. The summed E-state index contributed by atoms with van der Waals surface area (Å²) in [5, 5.41) is 31.3. The molecule has 0 spiro atoms. The quantitative estimate of drug-likeness (QED) is 0.0117. The number of rotatable bonds is 40. The summed E-state index contributed by atoms with van der Waals surface area (Å²) in [6, 6.07) is 1.23. The lowest BCUT2D eigenvalue weighted by atomic mass is 10.1. The molecule has 410 valence electrons. The lowest BCUT2D eigenvalue weighted by Crippen LogP contribution is -2.36. The van der Waals surface area contributed by atoms with Crippen molar-refractivity contribution in [3.05, 3.63) is 120 Å². The van der Waals surface area contributed by atoms with Crippen LogP contribution in [0.1, 0.15) is 142 Å². The van der Waals surface area contributed by atoms with Gasteiger partial charge in [-0.2, -0.15) is 9.29 Å². The number of anilines is 1. The number of aromatic nitrogens is 2. The van der Waals surface area contributed by atoms with Gasteiger partial charge in [0.15, 0.2) is 12.3 Å². The summed E-state index contributed by atoms with van der Waals surface area (Å²) < 4.78 is 56.6. The van der Waals surface area contributed by atoms with E-state index in [9.17, 15) is 48.6 Å². The van der Waals surface area contributed by atoms with E-state index in [0.29, 0.717) is 6.42 Å². The average molecular weight is 1070 g/mol. The fourth-order valence-corrected chi connectivity index (χ4v) is 8.93. The Bertz CT molecular complexity index is 2120. The first-order chi connectivity index (χ1) is 35.1. The lowest BCUT2D eigenvalue weighted by Gasteiger charge is -2.21. The number of carbonyl (C=O) groups excluding carboxylic acids is 2. The molecule has 8 atom stereocenters. The van der Waals surface area contributed by atoms with Crippen molar-refractivity contribution in [1.29, 1.82) is 0 Å². The van der Waals surface area contributed by atoms with Gasteiger partial charge < -0.3 is 45.1 Å². The molecule has 0 aliphatic carbocycles. The fourth-order valence-electron chi connectivity index (χ4n) is 6.82. The maximum absolute atomic E-state index is 12.9. The molecule has 1 aromatic rings. The van der Waals surface area contributed by atoms with Crippen LogP contribution in [0.15, 0.2) is 114 Å². The minimum atomic E-state index is -5.48. The minimum Gasteiger partial charge on any atom is -0.462 e. The third-order valence-corrected chi connectivity index (χ3v) is 13.4. The molecule has 0 amide bonds. The van der Waals surface area contributed by atoms with Gasteiger partial charge in [-0.05, 0) is 89.5 Å². The SMILES string of the molecule is CC/C=C\C/C=C\C/C=C\C/C=C\CCCCCCC(=O)OC[C@H](COP(=O)(O)OP(=O)(O)OC[C@H]1O[C@@H](n2ccc(N)nc2=O)[C@H](O)[C@@H]1O)OC(=O)CCC[C@@H](O)/C=C/C=C\C/C=C\C/C=C\CCCCC. The highest BCUT2D eigenvalue weighted by molar-refractivity contribution is 7.61. The van der Waals surface area contributed by atoms with Crippen LogP contribution in [-0.2, 0) is 46.3 Å². The van der Waals surface area contributed by atoms with Gasteiger partial charge in [0.2, 0.25) is 0 Å². The molecule has 21 heteroatoms. The van der Waals surface area contributed by atoms with Crippen LogP contribution in [0, 0.1) is 0 Å². The van der Waals surface area contributed by atoms with Crippen LogP contribution in [-0.4, -0.2) is 96.9 Å². The van der Waals surface area contributed by atoms with E-state index in [4.69, 9.17) is 29.0 Å². The molecule has 1 saturated heterocycles. The summed E-state index contributed by atoms with van der Waals surface area (Å²) in [7, 11) is -11.0. The number of nitrogen functional groups attached to an aromatic ring is 1. The molecule has 2 unspecified atom stereocenters. The van der Waals surface area contributed by atoms with Crippen molar-refractivity contribution < 1.29 is 71.4 Å². The summed E-state index contributed by atoms with van der Waals surface area (Å²) in [6.07, 6.45) is 39.4. The van der Waals surface area contributed by atoms with Crippen molar-refractivity contribution in [3.8, 4) is 0 Å². The number of esters is 2. The van der Waals surface area contributed by atoms with E-state index < -0.39 is 89.8 Å². The number of aliphatic hydroxyl groups is 3. The standard InChI is InChI=1S/C52H81N3O16P2/c1-3-5-7-9-11-13-15-17-18-19-20-22-24-26-28-30-32-36-47(57)66-40-44(69-48(58)37-33-35-43(56)34-31-29-27-25-23-21-16-14-12-10-8-6-4-2)41-67-72(62,63)71-73(64,65)68-42-45-49(59)50(60)51(70-45)55-39-38-46(53)54-52(55)61/h5,7,11-14,17-18,20-23,27,29,31,34,38-39,43-45,49-51,56,59-60H,3-4,6,8-10,15-16,19,24-26,28,30,32-33,35-37,40-42H2,1-2H3,(H,62,63)(H,64,65)(H2,53,54,61)/b7-5-,13-11-,14-12-,18-17-,22-20-,23-21-,29-27-,34-31+/t43-,44+,45+,49+,50+,51+/m0/s1. The fraction of sp³-hybridized carbons (Fsp3) is 0.577. The van der Waals surface area contributed by atoms with Crippen LogP contribution in [0.25, 0.3) is 0 Å². The zero-order valence-electron chi connectivity index (χ0n) is 42.5. The van der Waals surface area contributed by atoms with E-state index in [1.54, 1.807) is 12.2 Å². The predicted octanol–water partition coefficient (Wildman–Crippen LogP) is 9.41. The molecule has 1 fully saturated rings. The molecule has 73 heavy (non-hydrogen) atoms. The van der Waals surface area contributed by atoms with Crippen LogP contribution >= 0.6 is 15.6 Å². The number of nitrogens with two attached hydrogens (primary N) is 1. The summed E-state index contributed by atoms with van der Waals surface area (Å²) in [5.41, 5.74) is 4.57. The van der Waals surface area contributed by atoms with Crippen LogP contribution in [0.5, 0.6) is 0 Å². The van der Waals surface area contributed by atoms with Gasteiger partial charge in [-0.1, -0.05) is 137 Å². The number of carbonyl (C=O) groups is 2. The van der Waals surface area contributed by atoms with Crippen molar-refractivity contribution in [2.45, 2.75) is 173 Å². The topological polar surface area (TPSA) is 286 Å². The largest absolute Gasteiger partial charge is 0.481 e. The number of aliphatic hydroxyl groups excluding tert-OH is 3. The number of hydrogen-bond donors (Lipinski definition) is 6. The molecule has 1 aliphatic rings. The molecule has 19 nitrogen and oxygen atoms in total. The van der Waals surface area contributed by atoms with Crippen LogP contribution in [0.2, 0.25) is 0 Å².